The van der Waals surface area contributed by atoms with Crippen LogP contribution >= 0.6 is 0 Å². The molecule has 0 saturated carbocycles. The Morgan fingerprint density at radius 2 is 2.10 bits per heavy atom. The Bertz CT molecular complexity index is 441. The van der Waals surface area contributed by atoms with Crippen molar-refractivity contribution in [1.82, 2.24) is 10.2 Å². The lowest BCUT2D eigenvalue weighted by atomic mass is 9.88. The van der Waals surface area contributed by atoms with E-state index in [1.165, 1.54) is 56.4 Å². The lowest BCUT2D eigenvalue weighted by molar-refractivity contribution is 0.322. The molecule has 1 unspecified atom stereocenters. The van der Waals surface area contributed by atoms with Crippen molar-refractivity contribution in [2.75, 3.05) is 33.3 Å². The van der Waals surface area contributed by atoms with Crippen LogP contribution in [0, 0.1) is 0 Å². The average molecular weight is 274 g/mol. The minimum Gasteiger partial charge on any atom is -0.497 e. The van der Waals surface area contributed by atoms with Gasteiger partial charge in [-0.25, -0.2) is 0 Å². The van der Waals surface area contributed by atoms with Crippen LogP contribution in [0.25, 0.3) is 0 Å². The number of methoxy groups -OCH3 is 1. The molecule has 1 aliphatic heterocycles. The van der Waals surface area contributed by atoms with Crippen molar-refractivity contribution >= 4 is 0 Å². The second-order valence-corrected chi connectivity index (χ2v) is 6.08. The molecule has 20 heavy (non-hydrogen) atoms. The molecule has 1 aliphatic carbocycles. The number of benzene rings is 1. The Kier molecular flexibility index (Phi) is 4.58. The summed E-state index contributed by atoms with van der Waals surface area (Å²) in [5.74, 6) is 0.987. The van der Waals surface area contributed by atoms with E-state index in [1.54, 1.807) is 7.11 Å². The van der Waals surface area contributed by atoms with Crippen LogP contribution in [0.3, 0.4) is 0 Å². The minimum absolute atomic E-state index is 0.636. The van der Waals surface area contributed by atoms with Crippen molar-refractivity contribution in [1.29, 1.82) is 0 Å². The molecule has 3 heteroatoms. The number of nitrogens with zero attached hydrogens (tertiary/aromatic N) is 1. The molecule has 0 amide bonds. The zero-order chi connectivity index (χ0) is 13.8. The molecule has 0 aromatic heterocycles. The highest BCUT2D eigenvalue weighted by Crippen LogP contribution is 2.25. The maximum Gasteiger partial charge on any atom is 0.119 e. The molecule has 0 bridgehead atoms. The van der Waals surface area contributed by atoms with Crippen molar-refractivity contribution in [2.24, 2.45) is 0 Å². The van der Waals surface area contributed by atoms with E-state index in [4.69, 9.17) is 4.74 Å². The first-order chi connectivity index (χ1) is 9.85. The second kappa shape index (κ2) is 6.59. The van der Waals surface area contributed by atoms with Crippen LogP contribution in [-0.4, -0.2) is 44.2 Å². The molecule has 110 valence electrons. The van der Waals surface area contributed by atoms with Crippen molar-refractivity contribution < 1.29 is 4.74 Å². The van der Waals surface area contributed by atoms with Crippen LogP contribution in [0.2, 0.25) is 0 Å². The third kappa shape index (κ3) is 3.33. The summed E-state index contributed by atoms with van der Waals surface area (Å²) in [5.41, 5.74) is 2.97. The Morgan fingerprint density at radius 1 is 1.25 bits per heavy atom. The molecular formula is C17H26N2O. The van der Waals surface area contributed by atoms with Crippen LogP contribution in [0.15, 0.2) is 18.2 Å². The molecule has 0 radical (unpaired) electrons. The number of fused-ring (bicyclic) bond motifs is 1. The Labute approximate surface area is 122 Å². The number of hydrogen-bond donors (Lipinski definition) is 1. The predicted molar refractivity (Wildman–Crippen MR) is 82.5 cm³/mol. The van der Waals surface area contributed by atoms with Crippen molar-refractivity contribution in [3.63, 3.8) is 0 Å². The third-order valence-electron chi connectivity index (χ3n) is 4.70. The molecule has 1 saturated heterocycles. The van der Waals surface area contributed by atoms with Gasteiger partial charge in [0.25, 0.3) is 0 Å². The Morgan fingerprint density at radius 3 is 2.90 bits per heavy atom. The fourth-order valence-electron chi connectivity index (χ4n) is 3.47. The van der Waals surface area contributed by atoms with Crippen LogP contribution in [0.1, 0.15) is 30.4 Å². The zero-order valence-corrected chi connectivity index (χ0v) is 12.5. The van der Waals surface area contributed by atoms with Crippen LogP contribution in [-0.2, 0) is 12.8 Å². The van der Waals surface area contributed by atoms with Crippen molar-refractivity contribution in [3.05, 3.63) is 29.3 Å². The fourth-order valence-corrected chi connectivity index (χ4v) is 3.47. The van der Waals surface area contributed by atoms with Gasteiger partial charge >= 0.3 is 0 Å². The van der Waals surface area contributed by atoms with Crippen LogP contribution in [0.5, 0.6) is 5.75 Å². The SMILES string of the molecule is COc1ccc2c(c1)CC(NCCN1CCCC1)CC2. The highest BCUT2D eigenvalue weighted by molar-refractivity contribution is 5.37. The molecule has 1 N–H and O–H groups in total. The van der Waals surface area contributed by atoms with Gasteiger partial charge in [0, 0.05) is 19.1 Å². The zero-order valence-electron chi connectivity index (χ0n) is 12.5. The van der Waals surface area contributed by atoms with Crippen molar-refractivity contribution in [3.8, 4) is 5.75 Å². The van der Waals surface area contributed by atoms with Gasteiger partial charge in [0.15, 0.2) is 0 Å². The quantitative estimate of drug-likeness (QED) is 0.891. The minimum atomic E-state index is 0.636. The first-order valence-corrected chi connectivity index (χ1v) is 7.96. The summed E-state index contributed by atoms with van der Waals surface area (Å²) in [7, 11) is 1.75. The molecule has 1 heterocycles. The van der Waals surface area contributed by atoms with E-state index in [1.807, 2.05) is 0 Å². The number of hydrogen-bond acceptors (Lipinski definition) is 3. The highest BCUT2D eigenvalue weighted by atomic mass is 16.5. The highest BCUT2D eigenvalue weighted by Gasteiger charge is 2.19. The summed E-state index contributed by atoms with van der Waals surface area (Å²) in [5, 5.41) is 3.74. The standard InChI is InChI=1S/C17H26N2O/c1-20-17-7-5-14-4-6-16(12-15(14)13-17)18-8-11-19-9-2-3-10-19/h5,7,13,16,18H,2-4,6,8-12H2,1H3. The normalized spacial score (nSPS) is 22.8. The fraction of sp³-hybridized carbons (Fsp3) is 0.647. The molecule has 3 nitrogen and oxygen atoms in total. The van der Waals surface area contributed by atoms with E-state index in [-0.39, 0.29) is 0 Å². The molecule has 1 atom stereocenters. The molecular weight excluding hydrogens is 248 g/mol. The van der Waals surface area contributed by atoms with Gasteiger partial charge in [-0.05, 0) is 68.5 Å². The van der Waals surface area contributed by atoms with Crippen molar-refractivity contribution in [2.45, 2.75) is 38.1 Å². The van der Waals surface area contributed by atoms with E-state index < -0.39 is 0 Å². The van der Waals surface area contributed by atoms with Gasteiger partial charge in [-0.1, -0.05) is 6.07 Å². The largest absolute Gasteiger partial charge is 0.497 e. The molecule has 0 spiro atoms. The summed E-state index contributed by atoms with van der Waals surface area (Å²) < 4.78 is 5.34. The van der Waals surface area contributed by atoms with E-state index in [0.29, 0.717) is 6.04 Å². The number of rotatable bonds is 5. The summed E-state index contributed by atoms with van der Waals surface area (Å²) in [6.45, 7) is 4.93. The topological polar surface area (TPSA) is 24.5 Å². The third-order valence-corrected chi connectivity index (χ3v) is 4.70. The van der Waals surface area contributed by atoms with E-state index in [2.05, 4.69) is 28.4 Å². The van der Waals surface area contributed by atoms with E-state index in [0.717, 1.165) is 18.7 Å². The van der Waals surface area contributed by atoms with Gasteiger partial charge in [-0.3, -0.25) is 0 Å². The number of ether oxygens (including phenoxy) is 1. The summed E-state index contributed by atoms with van der Waals surface area (Å²) in [6.07, 6.45) is 6.37. The smallest absolute Gasteiger partial charge is 0.119 e. The average Bonchev–Trinajstić information content (AvgIpc) is 3.00. The first-order valence-electron chi connectivity index (χ1n) is 7.96. The maximum atomic E-state index is 5.34. The summed E-state index contributed by atoms with van der Waals surface area (Å²) in [6, 6.07) is 7.16. The Hall–Kier alpha value is -1.06. The first kappa shape index (κ1) is 13.9. The van der Waals surface area contributed by atoms with Gasteiger partial charge in [-0.15, -0.1) is 0 Å². The molecule has 2 aliphatic rings. The van der Waals surface area contributed by atoms with Gasteiger partial charge < -0.3 is 15.0 Å². The monoisotopic (exact) mass is 274 g/mol. The molecule has 1 aromatic rings. The Balaban J connectivity index is 1.49. The molecule has 1 aromatic carbocycles. The maximum absolute atomic E-state index is 5.34. The number of likely N-dealkylation sites (tertiary alicyclic amines) is 1. The lowest BCUT2D eigenvalue weighted by Crippen LogP contribution is -2.39. The van der Waals surface area contributed by atoms with Gasteiger partial charge in [-0.2, -0.15) is 0 Å². The van der Waals surface area contributed by atoms with Gasteiger partial charge in [0.1, 0.15) is 5.75 Å². The summed E-state index contributed by atoms with van der Waals surface area (Å²) >= 11 is 0. The summed E-state index contributed by atoms with van der Waals surface area (Å²) in [4.78, 5) is 2.58. The lowest BCUT2D eigenvalue weighted by Gasteiger charge is -2.27. The van der Waals surface area contributed by atoms with Gasteiger partial charge in [0.2, 0.25) is 0 Å². The van der Waals surface area contributed by atoms with E-state index in [9.17, 15) is 0 Å². The molecule has 3 rings (SSSR count). The molecule has 1 fully saturated rings. The predicted octanol–water partition coefficient (Wildman–Crippen LogP) is 2.24. The number of aryl methyl sites for hydroxylation is 1. The van der Waals surface area contributed by atoms with Crippen LogP contribution in [0.4, 0.5) is 0 Å². The second-order valence-electron chi connectivity index (χ2n) is 6.08. The number of nitrogens with one attached hydrogen (secondary N) is 1. The van der Waals surface area contributed by atoms with Crippen LogP contribution < -0.4 is 10.1 Å². The van der Waals surface area contributed by atoms with E-state index >= 15 is 0 Å². The van der Waals surface area contributed by atoms with Gasteiger partial charge in [0.05, 0.1) is 7.11 Å².